The number of amides is 1. The van der Waals surface area contributed by atoms with Crippen LogP contribution in [0.4, 0.5) is 14.5 Å². The fraction of sp³-hybridized carbons (Fsp3) is 0.417. The predicted molar refractivity (Wildman–Crippen MR) is 72.1 cm³/mol. The van der Waals surface area contributed by atoms with Crippen LogP contribution in [0.1, 0.15) is 12.8 Å². The number of rotatable bonds is 7. The Morgan fingerprint density at radius 3 is 2.68 bits per heavy atom. The zero-order valence-electron chi connectivity index (χ0n) is 10.3. The van der Waals surface area contributed by atoms with Gasteiger partial charge in [0, 0.05) is 6.42 Å². The van der Waals surface area contributed by atoms with Gasteiger partial charge in [-0.2, -0.15) is 0 Å². The van der Waals surface area contributed by atoms with Crippen LogP contribution in [-0.2, 0) is 4.79 Å². The maximum Gasteiger partial charge on any atom is 0.272 e. The van der Waals surface area contributed by atoms with Crippen molar-refractivity contribution in [2.24, 2.45) is 5.73 Å². The normalized spacial score (nSPS) is 9.89. The fourth-order valence-electron chi connectivity index (χ4n) is 1.32. The van der Waals surface area contributed by atoms with Crippen LogP contribution in [0.15, 0.2) is 24.3 Å². The zero-order chi connectivity index (χ0) is 13.4. The molecule has 0 spiro atoms. The Morgan fingerprint density at radius 2 is 2.05 bits per heavy atom. The molecule has 7 heteroatoms. The number of carbonyl (C=O) groups excluding carboxylic acids is 1. The van der Waals surface area contributed by atoms with Crippen molar-refractivity contribution in [3.63, 3.8) is 0 Å². The van der Waals surface area contributed by atoms with Gasteiger partial charge in [0.2, 0.25) is 5.91 Å². The van der Waals surface area contributed by atoms with E-state index in [1.165, 1.54) is 6.07 Å². The van der Waals surface area contributed by atoms with Gasteiger partial charge in [-0.15, -0.1) is 12.4 Å². The Bertz CT molecular complexity index is 392. The molecule has 0 aliphatic heterocycles. The number of nitrogens with one attached hydrogen (secondary N) is 1. The first-order chi connectivity index (χ1) is 8.63. The molecule has 1 rings (SSSR count). The number of ether oxygens (including phenoxy) is 1. The number of nitrogens with two attached hydrogens (primary N) is 1. The Hall–Kier alpha value is -1.40. The van der Waals surface area contributed by atoms with Crippen molar-refractivity contribution >= 4 is 24.0 Å². The summed E-state index contributed by atoms with van der Waals surface area (Å²) in [5.74, 6) is 0.0208. The molecule has 0 fully saturated rings. The van der Waals surface area contributed by atoms with E-state index in [0.717, 1.165) is 0 Å². The molecule has 0 atom stereocenters. The van der Waals surface area contributed by atoms with Gasteiger partial charge in [-0.05, 0) is 25.1 Å². The maximum atomic E-state index is 12.1. The highest BCUT2D eigenvalue weighted by Gasteiger charge is 2.09. The monoisotopic (exact) mass is 294 g/mol. The standard InChI is InChI=1S/C12H16F2N2O2.ClH/c13-11(14)8-18-10-5-2-1-4-9(10)16-12(17)6-3-7-15;/h1-2,4-5,11H,3,6-8,15H2,(H,16,17);1H. The molecule has 3 N–H and O–H groups in total. The van der Waals surface area contributed by atoms with E-state index < -0.39 is 13.0 Å². The van der Waals surface area contributed by atoms with Gasteiger partial charge in [-0.25, -0.2) is 8.78 Å². The van der Waals surface area contributed by atoms with Crippen LogP contribution >= 0.6 is 12.4 Å². The SMILES string of the molecule is Cl.NCCCC(=O)Nc1ccccc1OCC(F)F. The third-order valence-corrected chi connectivity index (χ3v) is 2.13. The first kappa shape index (κ1) is 17.6. The molecule has 0 aromatic heterocycles. The van der Waals surface area contributed by atoms with E-state index >= 15 is 0 Å². The second-order valence-corrected chi connectivity index (χ2v) is 3.64. The number of para-hydroxylation sites is 2. The van der Waals surface area contributed by atoms with Crippen molar-refractivity contribution < 1.29 is 18.3 Å². The predicted octanol–water partition coefficient (Wildman–Crippen LogP) is 2.43. The molecular weight excluding hydrogens is 278 g/mol. The van der Waals surface area contributed by atoms with Gasteiger partial charge >= 0.3 is 0 Å². The lowest BCUT2D eigenvalue weighted by molar-refractivity contribution is -0.116. The van der Waals surface area contributed by atoms with Crippen LogP contribution in [0.5, 0.6) is 5.75 Å². The average molecular weight is 295 g/mol. The van der Waals surface area contributed by atoms with E-state index in [-0.39, 0.29) is 24.1 Å². The summed E-state index contributed by atoms with van der Waals surface area (Å²) < 4.78 is 29.0. The van der Waals surface area contributed by atoms with Crippen molar-refractivity contribution in [3.8, 4) is 5.75 Å². The Balaban J connectivity index is 0.00000324. The molecule has 0 aliphatic carbocycles. The van der Waals surface area contributed by atoms with Crippen LogP contribution in [-0.4, -0.2) is 25.5 Å². The minimum absolute atomic E-state index is 0. The summed E-state index contributed by atoms with van der Waals surface area (Å²) in [6.07, 6.45) is -1.68. The lowest BCUT2D eigenvalue weighted by Gasteiger charge is -2.11. The molecule has 0 heterocycles. The van der Waals surface area contributed by atoms with Crippen molar-refractivity contribution in [1.29, 1.82) is 0 Å². The number of benzene rings is 1. The summed E-state index contributed by atoms with van der Waals surface area (Å²) >= 11 is 0. The Labute approximate surface area is 116 Å². The molecule has 108 valence electrons. The molecule has 0 saturated carbocycles. The number of alkyl halides is 2. The molecule has 1 aromatic carbocycles. The quantitative estimate of drug-likeness (QED) is 0.812. The van der Waals surface area contributed by atoms with Gasteiger partial charge in [0.15, 0.2) is 0 Å². The summed E-state index contributed by atoms with van der Waals surface area (Å²) in [6, 6.07) is 6.46. The molecular formula is C12H17ClF2N2O2. The van der Waals surface area contributed by atoms with Crippen molar-refractivity contribution in [1.82, 2.24) is 0 Å². The summed E-state index contributed by atoms with van der Waals surface area (Å²) in [4.78, 5) is 11.5. The minimum Gasteiger partial charge on any atom is -0.485 e. The number of hydrogen-bond donors (Lipinski definition) is 2. The van der Waals surface area contributed by atoms with E-state index in [0.29, 0.717) is 25.1 Å². The number of carbonyl (C=O) groups is 1. The molecule has 0 bridgehead atoms. The third kappa shape index (κ3) is 6.93. The van der Waals surface area contributed by atoms with Crippen LogP contribution in [0.25, 0.3) is 0 Å². The Kier molecular flexibility index (Phi) is 8.82. The zero-order valence-corrected chi connectivity index (χ0v) is 11.1. The minimum atomic E-state index is -2.55. The second-order valence-electron chi connectivity index (χ2n) is 3.64. The van der Waals surface area contributed by atoms with Crippen LogP contribution in [0.2, 0.25) is 0 Å². The molecule has 1 aromatic rings. The van der Waals surface area contributed by atoms with Gasteiger partial charge in [0.05, 0.1) is 5.69 Å². The molecule has 4 nitrogen and oxygen atoms in total. The van der Waals surface area contributed by atoms with Crippen molar-refractivity contribution in [3.05, 3.63) is 24.3 Å². The largest absolute Gasteiger partial charge is 0.485 e. The molecule has 0 saturated heterocycles. The first-order valence-corrected chi connectivity index (χ1v) is 5.63. The first-order valence-electron chi connectivity index (χ1n) is 5.63. The summed E-state index contributed by atoms with van der Waals surface area (Å²) in [5, 5.41) is 2.60. The number of anilines is 1. The third-order valence-electron chi connectivity index (χ3n) is 2.13. The van der Waals surface area contributed by atoms with E-state index in [1.54, 1.807) is 18.2 Å². The van der Waals surface area contributed by atoms with Gasteiger partial charge in [0.1, 0.15) is 12.4 Å². The van der Waals surface area contributed by atoms with Crippen LogP contribution in [0.3, 0.4) is 0 Å². The van der Waals surface area contributed by atoms with E-state index in [2.05, 4.69) is 5.32 Å². The number of hydrogen-bond acceptors (Lipinski definition) is 3. The molecule has 0 unspecified atom stereocenters. The van der Waals surface area contributed by atoms with Crippen molar-refractivity contribution in [2.75, 3.05) is 18.5 Å². The van der Waals surface area contributed by atoms with Crippen LogP contribution in [0, 0.1) is 0 Å². The molecule has 1 amide bonds. The van der Waals surface area contributed by atoms with Crippen molar-refractivity contribution in [2.45, 2.75) is 19.3 Å². The van der Waals surface area contributed by atoms with Gasteiger partial charge in [-0.1, -0.05) is 12.1 Å². The summed E-state index contributed by atoms with van der Waals surface area (Å²) in [6.45, 7) is -0.271. The van der Waals surface area contributed by atoms with Gasteiger partial charge in [0.25, 0.3) is 6.43 Å². The highest BCUT2D eigenvalue weighted by atomic mass is 35.5. The topological polar surface area (TPSA) is 64.4 Å². The second kappa shape index (κ2) is 9.52. The molecule has 0 radical (unpaired) electrons. The Morgan fingerprint density at radius 1 is 1.37 bits per heavy atom. The van der Waals surface area contributed by atoms with Gasteiger partial charge in [-0.3, -0.25) is 4.79 Å². The summed E-state index contributed by atoms with van der Waals surface area (Å²) in [5.41, 5.74) is 5.68. The number of halogens is 3. The van der Waals surface area contributed by atoms with E-state index in [1.807, 2.05) is 0 Å². The molecule has 19 heavy (non-hydrogen) atoms. The van der Waals surface area contributed by atoms with Gasteiger partial charge < -0.3 is 15.8 Å². The molecule has 0 aliphatic rings. The maximum absolute atomic E-state index is 12.1. The lowest BCUT2D eigenvalue weighted by Crippen LogP contribution is -2.15. The van der Waals surface area contributed by atoms with E-state index in [4.69, 9.17) is 10.5 Å². The average Bonchev–Trinajstić information content (AvgIpc) is 2.35. The fourth-order valence-corrected chi connectivity index (χ4v) is 1.32. The highest BCUT2D eigenvalue weighted by Crippen LogP contribution is 2.24. The summed E-state index contributed by atoms with van der Waals surface area (Å²) in [7, 11) is 0. The smallest absolute Gasteiger partial charge is 0.272 e. The lowest BCUT2D eigenvalue weighted by atomic mass is 10.2. The van der Waals surface area contributed by atoms with Crippen LogP contribution < -0.4 is 15.8 Å². The highest BCUT2D eigenvalue weighted by molar-refractivity contribution is 5.92. The van der Waals surface area contributed by atoms with E-state index in [9.17, 15) is 13.6 Å².